The van der Waals surface area contributed by atoms with Crippen LogP contribution in [-0.2, 0) is 14.3 Å². The molecule has 1 N–H and O–H groups in total. The maximum atomic E-state index is 11.3. The second kappa shape index (κ2) is 6.29. The number of benzene rings is 1. The first-order valence-corrected chi connectivity index (χ1v) is 5.32. The highest BCUT2D eigenvalue weighted by Crippen LogP contribution is 2.16. The summed E-state index contributed by atoms with van der Waals surface area (Å²) in [5.74, 6) is -2.54. The Kier molecular flexibility index (Phi) is 4.76. The van der Waals surface area contributed by atoms with Crippen LogP contribution in [0.15, 0.2) is 30.3 Å². The fourth-order valence-corrected chi connectivity index (χ4v) is 1.22. The lowest BCUT2D eigenvalue weighted by Gasteiger charge is -2.00. The Morgan fingerprint density at radius 2 is 1.95 bits per heavy atom. The molecule has 0 atom stereocenters. The van der Waals surface area contributed by atoms with Crippen molar-refractivity contribution in [3.8, 4) is 0 Å². The molecule has 1 aromatic rings. The van der Waals surface area contributed by atoms with Gasteiger partial charge in [0.2, 0.25) is 0 Å². The van der Waals surface area contributed by atoms with E-state index in [1.807, 2.05) is 0 Å². The van der Waals surface area contributed by atoms with E-state index in [2.05, 4.69) is 4.74 Å². The van der Waals surface area contributed by atoms with Gasteiger partial charge in [-0.05, 0) is 19.1 Å². The number of aliphatic hydroxyl groups excluding tert-OH is 1. The number of ketones is 1. The molecule has 100 valence electrons. The van der Waals surface area contributed by atoms with Crippen LogP contribution in [0.4, 0.5) is 5.69 Å². The summed E-state index contributed by atoms with van der Waals surface area (Å²) in [6.07, 6.45) is 0.708. The van der Waals surface area contributed by atoms with Crippen molar-refractivity contribution in [2.75, 3.05) is 6.61 Å². The van der Waals surface area contributed by atoms with E-state index in [1.54, 1.807) is 6.92 Å². The molecule has 0 fully saturated rings. The van der Waals surface area contributed by atoms with Crippen LogP contribution in [0.1, 0.15) is 12.5 Å². The summed E-state index contributed by atoms with van der Waals surface area (Å²) in [5.41, 5.74) is 0.0384. The van der Waals surface area contributed by atoms with Crippen LogP contribution in [0.2, 0.25) is 0 Å². The summed E-state index contributed by atoms with van der Waals surface area (Å²) in [6.45, 7) is 1.60. The third-order valence-corrected chi connectivity index (χ3v) is 2.12. The van der Waals surface area contributed by atoms with Crippen LogP contribution in [0.5, 0.6) is 0 Å². The topological polar surface area (TPSA) is 107 Å². The van der Waals surface area contributed by atoms with E-state index in [1.165, 1.54) is 24.3 Å². The first-order chi connectivity index (χ1) is 8.95. The molecule has 0 saturated heterocycles. The fraction of sp³-hybridized carbons (Fsp3) is 0.167. The number of hydrogen-bond donors (Lipinski definition) is 1. The van der Waals surface area contributed by atoms with Crippen LogP contribution < -0.4 is 0 Å². The minimum Gasteiger partial charge on any atom is -0.507 e. The number of aliphatic hydroxyl groups is 1. The lowest BCUT2D eigenvalue weighted by molar-refractivity contribution is -0.384. The van der Waals surface area contributed by atoms with Gasteiger partial charge < -0.3 is 9.84 Å². The van der Waals surface area contributed by atoms with Gasteiger partial charge >= 0.3 is 5.97 Å². The number of nitro groups is 1. The second-order valence-electron chi connectivity index (χ2n) is 3.42. The average molecular weight is 265 g/mol. The van der Waals surface area contributed by atoms with Crippen LogP contribution in [0.3, 0.4) is 0 Å². The molecule has 7 nitrogen and oxygen atoms in total. The smallest absolute Gasteiger partial charge is 0.379 e. The van der Waals surface area contributed by atoms with Gasteiger partial charge in [0.15, 0.2) is 0 Å². The van der Waals surface area contributed by atoms with Crippen LogP contribution in [-0.4, -0.2) is 28.4 Å². The van der Waals surface area contributed by atoms with Crippen molar-refractivity contribution in [2.45, 2.75) is 6.92 Å². The van der Waals surface area contributed by atoms with Gasteiger partial charge in [-0.1, -0.05) is 0 Å². The molecule has 0 amide bonds. The summed E-state index contributed by atoms with van der Waals surface area (Å²) in [5, 5.41) is 20.0. The summed E-state index contributed by atoms with van der Waals surface area (Å²) < 4.78 is 4.46. The lowest BCUT2D eigenvalue weighted by Crippen LogP contribution is -2.15. The Labute approximate surface area is 108 Å². The first-order valence-electron chi connectivity index (χ1n) is 5.32. The van der Waals surface area contributed by atoms with Crippen molar-refractivity contribution < 1.29 is 24.4 Å². The molecule has 0 aliphatic rings. The molecule has 0 saturated carbocycles. The van der Waals surface area contributed by atoms with E-state index in [9.17, 15) is 24.8 Å². The SMILES string of the molecule is CCOC(=O)C(=O)/C=C(\O)c1ccc([N+](=O)[O-])cc1. The van der Waals surface area contributed by atoms with Gasteiger partial charge in [-0.25, -0.2) is 4.79 Å². The highest BCUT2D eigenvalue weighted by atomic mass is 16.6. The average Bonchev–Trinajstić information content (AvgIpc) is 2.38. The van der Waals surface area contributed by atoms with E-state index in [0.29, 0.717) is 6.08 Å². The standard InChI is InChI=1S/C12H11NO6/c1-2-19-12(16)11(15)7-10(14)8-3-5-9(6-4-8)13(17)18/h3-7,14H,2H2,1H3/b10-7-. The van der Waals surface area contributed by atoms with E-state index in [0.717, 1.165) is 0 Å². The van der Waals surface area contributed by atoms with Gasteiger partial charge in [0.05, 0.1) is 11.5 Å². The minimum atomic E-state index is -1.07. The molecular formula is C12H11NO6. The highest BCUT2D eigenvalue weighted by molar-refractivity contribution is 6.39. The van der Waals surface area contributed by atoms with Gasteiger partial charge in [-0.15, -0.1) is 0 Å². The Bertz CT molecular complexity index is 532. The lowest BCUT2D eigenvalue weighted by atomic mass is 10.1. The van der Waals surface area contributed by atoms with Gasteiger partial charge in [-0.2, -0.15) is 0 Å². The molecule has 0 heterocycles. The third-order valence-electron chi connectivity index (χ3n) is 2.12. The molecular weight excluding hydrogens is 254 g/mol. The number of ether oxygens (including phenoxy) is 1. The van der Waals surface area contributed by atoms with Crippen molar-refractivity contribution in [3.05, 3.63) is 46.0 Å². The molecule has 1 aromatic carbocycles. The number of nitro benzene ring substituents is 1. The number of carbonyl (C=O) groups is 2. The molecule has 0 aromatic heterocycles. The van der Waals surface area contributed by atoms with Gasteiger partial charge in [-0.3, -0.25) is 14.9 Å². The first kappa shape index (κ1) is 14.4. The van der Waals surface area contributed by atoms with Crippen LogP contribution in [0, 0.1) is 10.1 Å². The Morgan fingerprint density at radius 3 is 2.42 bits per heavy atom. The highest BCUT2D eigenvalue weighted by Gasteiger charge is 2.14. The molecule has 0 aliphatic carbocycles. The number of carbonyl (C=O) groups excluding carboxylic acids is 2. The number of hydrogen-bond acceptors (Lipinski definition) is 6. The molecule has 0 radical (unpaired) electrons. The fourth-order valence-electron chi connectivity index (χ4n) is 1.22. The largest absolute Gasteiger partial charge is 0.507 e. The summed E-state index contributed by atoms with van der Waals surface area (Å²) >= 11 is 0. The van der Waals surface area contributed by atoms with Gasteiger partial charge in [0, 0.05) is 23.8 Å². The van der Waals surface area contributed by atoms with E-state index < -0.39 is 22.4 Å². The van der Waals surface area contributed by atoms with Crippen LogP contribution in [0.25, 0.3) is 5.76 Å². The van der Waals surface area contributed by atoms with Gasteiger partial charge in [0.25, 0.3) is 11.5 Å². The van der Waals surface area contributed by atoms with Gasteiger partial charge in [0.1, 0.15) is 5.76 Å². The zero-order valence-electron chi connectivity index (χ0n) is 10.0. The van der Waals surface area contributed by atoms with Crippen molar-refractivity contribution in [2.24, 2.45) is 0 Å². The molecule has 1 rings (SSSR count). The Hall–Kier alpha value is -2.70. The summed E-state index contributed by atoms with van der Waals surface area (Å²) in [4.78, 5) is 32.2. The maximum absolute atomic E-state index is 11.3. The van der Waals surface area contributed by atoms with Crippen molar-refractivity contribution in [1.29, 1.82) is 0 Å². The molecule has 0 aliphatic heterocycles. The quantitative estimate of drug-likeness (QED) is 0.216. The molecule has 7 heteroatoms. The molecule has 0 bridgehead atoms. The maximum Gasteiger partial charge on any atom is 0.379 e. The van der Waals surface area contributed by atoms with Crippen molar-refractivity contribution in [1.82, 2.24) is 0 Å². The predicted molar refractivity (Wildman–Crippen MR) is 65.3 cm³/mol. The normalized spacial score (nSPS) is 10.9. The number of non-ortho nitro benzene ring substituents is 1. The van der Waals surface area contributed by atoms with Crippen molar-refractivity contribution >= 4 is 23.2 Å². The predicted octanol–water partition coefficient (Wildman–Crippen LogP) is 1.63. The zero-order chi connectivity index (χ0) is 14.4. The molecule has 0 unspecified atom stereocenters. The van der Waals surface area contributed by atoms with E-state index in [-0.39, 0.29) is 17.9 Å². The molecule has 0 spiro atoms. The Morgan fingerprint density at radius 1 is 1.37 bits per heavy atom. The van der Waals surface area contributed by atoms with E-state index >= 15 is 0 Å². The summed E-state index contributed by atoms with van der Waals surface area (Å²) in [6, 6.07) is 4.88. The van der Waals surface area contributed by atoms with E-state index in [4.69, 9.17) is 0 Å². The zero-order valence-corrected chi connectivity index (χ0v) is 10.0. The third kappa shape index (κ3) is 3.91. The summed E-state index contributed by atoms with van der Waals surface area (Å²) in [7, 11) is 0. The number of nitrogens with zero attached hydrogens (tertiary/aromatic N) is 1. The monoisotopic (exact) mass is 265 g/mol. The van der Waals surface area contributed by atoms with Crippen LogP contribution >= 0.6 is 0 Å². The Balaban J connectivity index is 2.87. The number of esters is 1. The molecule has 19 heavy (non-hydrogen) atoms. The number of rotatable bonds is 5. The second-order valence-corrected chi connectivity index (χ2v) is 3.42. The minimum absolute atomic E-state index is 0.0523. The van der Waals surface area contributed by atoms with Crippen molar-refractivity contribution in [3.63, 3.8) is 0 Å².